The minimum absolute atomic E-state index is 0.0170. The fourth-order valence-corrected chi connectivity index (χ4v) is 4.25. The summed E-state index contributed by atoms with van der Waals surface area (Å²) >= 11 is 0. The van der Waals surface area contributed by atoms with Crippen LogP contribution in [0.1, 0.15) is 79.5 Å². The normalized spacial score (nSPS) is 21.7. The van der Waals surface area contributed by atoms with E-state index >= 15 is 0 Å². The Morgan fingerprint density at radius 1 is 1.00 bits per heavy atom. The van der Waals surface area contributed by atoms with Crippen molar-refractivity contribution in [2.45, 2.75) is 63.5 Å². The molecule has 1 saturated heterocycles. The molecule has 1 unspecified atom stereocenters. The van der Waals surface area contributed by atoms with Gasteiger partial charge in [-0.2, -0.15) is 0 Å². The molecule has 5 nitrogen and oxygen atoms in total. The number of carbonyl (C=O) groups is 1. The van der Waals surface area contributed by atoms with E-state index in [1.54, 1.807) is 12.1 Å². The van der Waals surface area contributed by atoms with E-state index in [9.17, 15) is 9.18 Å². The van der Waals surface area contributed by atoms with Crippen LogP contribution in [-0.4, -0.2) is 32.3 Å². The van der Waals surface area contributed by atoms with Gasteiger partial charge in [-0.25, -0.2) is 9.07 Å². The molecule has 1 atom stereocenters. The van der Waals surface area contributed by atoms with Crippen LogP contribution in [0.25, 0.3) is 0 Å². The Morgan fingerprint density at radius 3 is 2.50 bits per heavy atom. The monoisotopic (exact) mass is 356 g/mol. The molecule has 0 bridgehead atoms. The molecular formula is C20H25FN4O. The number of hydrogen-bond acceptors (Lipinski definition) is 3. The van der Waals surface area contributed by atoms with Crippen molar-refractivity contribution in [1.29, 1.82) is 0 Å². The molecule has 1 amide bonds. The number of halogens is 1. The molecule has 138 valence electrons. The fraction of sp³-hybridized carbons (Fsp3) is 0.550. The number of rotatable bonds is 3. The third kappa shape index (κ3) is 3.50. The molecule has 0 N–H and O–H groups in total. The van der Waals surface area contributed by atoms with Gasteiger partial charge in [0.05, 0.1) is 18.3 Å². The van der Waals surface area contributed by atoms with Gasteiger partial charge in [-0.3, -0.25) is 4.79 Å². The van der Waals surface area contributed by atoms with Crippen molar-refractivity contribution < 1.29 is 9.18 Å². The van der Waals surface area contributed by atoms with Gasteiger partial charge in [0.25, 0.3) is 5.91 Å². The fourth-order valence-electron chi connectivity index (χ4n) is 4.25. The van der Waals surface area contributed by atoms with Crippen molar-refractivity contribution in [3.63, 3.8) is 0 Å². The van der Waals surface area contributed by atoms with Crippen LogP contribution in [0.4, 0.5) is 4.39 Å². The van der Waals surface area contributed by atoms with Gasteiger partial charge in [0, 0.05) is 6.54 Å². The highest BCUT2D eigenvalue weighted by molar-refractivity contribution is 5.92. The number of nitrogens with zero attached hydrogens (tertiary/aromatic N) is 4. The van der Waals surface area contributed by atoms with Gasteiger partial charge >= 0.3 is 0 Å². The molecule has 0 spiro atoms. The molecule has 0 radical (unpaired) electrons. The number of carbonyl (C=O) groups excluding carboxylic acids is 1. The Labute approximate surface area is 153 Å². The van der Waals surface area contributed by atoms with Crippen molar-refractivity contribution in [3.05, 3.63) is 47.5 Å². The highest BCUT2D eigenvalue weighted by Gasteiger charge is 2.30. The van der Waals surface area contributed by atoms with E-state index in [-0.39, 0.29) is 17.8 Å². The smallest absolute Gasteiger partial charge is 0.276 e. The lowest BCUT2D eigenvalue weighted by molar-refractivity contribution is 0.0605. The first-order valence-corrected chi connectivity index (χ1v) is 9.70. The van der Waals surface area contributed by atoms with Crippen molar-refractivity contribution in [2.75, 3.05) is 6.54 Å². The van der Waals surface area contributed by atoms with E-state index in [0.29, 0.717) is 18.3 Å². The summed E-state index contributed by atoms with van der Waals surface area (Å²) in [5.41, 5.74) is 1.41. The van der Waals surface area contributed by atoms with Crippen LogP contribution < -0.4 is 0 Å². The zero-order valence-electron chi connectivity index (χ0n) is 15.0. The number of benzene rings is 1. The van der Waals surface area contributed by atoms with Crippen molar-refractivity contribution in [2.24, 2.45) is 0 Å². The summed E-state index contributed by atoms with van der Waals surface area (Å²) in [6.07, 6.45) is 10.7. The lowest BCUT2D eigenvalue weighted by atomic mass is 9.95. The summed E-state index contributed by atoms with van der Waals surface area (Å²) in [5, 5.41) is 8.41. The molecule has 1 aliphatic carbocycles. The molecular weight excluding hydrogens is 331 g/mol. The number of amides is 1. The molecule has 4 rings (SSSR count). The largest absolute Gasteiger partial charge is 0.330 e. The minimum Gasteiger partial charge on any atom is -0.330 e. The molecule has 1 aromatic heterocycles. The minimum atomic E-state index is -0.252. The SMILES string of the molecule is O=C(c1cn(C2CCCCC2)nn1)N1CCCCC1c1ccc(F)cc1. The van der Waals surface area contributed by atoms with Gasteiger partial charge in [0.1, 0.15) is 5.82 Å². The third-order valence-electron chi connectivity index (χ3n) is 5.70. The Morgan fingerprint density at radius 2 is 1.73 bits per heavy atom. The first kappa shape index (κ1) is 17.2. The lowest BCUT2D eigenvalue weighted by Gasteiger charge is -2.35. The molecule has 6 heteroatoms. The Bertz CT molecular complexity index is 751. The maximum absolute atomic E-state index is 13.3. The molecule has 1 saturated carbocycles. The van der Waals surface area contributed by atoms with Gasteiger partial charge in [0.2, 0.25) is 0 Å². The Hall–Kier alpha value is -2.24. The summed E-state index contributed by atoms with van der Waals surface area (Å²) < 4.78 is 15.1. The molecule has 26 heavy (non-hydrogen) atoms. The second kappa shape index (κ2) is 7.56. The zero-order chi connectivity index (χ0) is 17.9. The van der Waals surface area contributed by atoms with Crippen LogP contribution in [0, 0.1) is 5.82 Å². The van der Waals surface area contributed by atoms with Crippen LogP contribution >= 0.6 is 0 Å². The molecule has 1 aliphatic heterocycles. The van der Waals surface area contributed by atoms with Gasteiger partial charge in [-0.15, -0.1) is 5.10 Å². The van der Waals surface area contributed by atoms with Crippen LogP contribution in [0.5, 0.6) is 0 Å². The summed E-state index contributed by atoms with van der Waals surface area (Å²) in [7, 11) is 0. The lowest BCUT2D eigenvalue weighted by Crippen LogP contribution is -2.38. The summed E-state index contributed by atoms with van der Waals surface area (Å²) in [5.74, 6) is -0.320. The number of likely N-dealkylation sites (tertiary alicyclic amines) is 1. The predicted octanol–water partition coefficient (Wildman–Crippen LogP) is 4.29. The standard InChI is InChI=1S/C20H25FN4O/c21-16-11-9-15(10-12-16)19-8-4-5-13-24(19)20(26)18-14-25(23-22-18)17-6-2-1-3-7-17/h9-12,14,17,19H,1-8,13H2. The third-order valence-corrected chi connectivity index (χ3v) is 5.70. The zero-order valence-corrected chi connectivity index (χ0v) is 15.0. The van der Waals surface area contributed by atoms with E-state index in [2.05, 4.69) is 10.3 Å². The number of piperidine rings is 1. The number of aromatic nitrogens is 3. The predicted molar refractivity (Wildman–Crippen MR) is 96.2 cm³/mol. The average molecular weight is 356 g/mol. The topological polar surface area (TPSA) is 51.0 Å². The van der Waals surface area contributed by atoms with E-state index in [0.717, 1.165) is 37.7 Å². The molecule has 2 aliphatic rings. The molecule has 1 aromatic carbocycles. The van der Waals surface area contributed by atoms with Crippen molar-refractivity contribution in [3.8, 4) is 0 Å². The van der Waals surface area contributed by atoms with Crippen molar-refractivity contribution in [1.82, 2.24) is 19.9 Å². The average Bonchev–Trinajstić information content (AvgIpc) is 3.19. The van der Waals surface area contributed by atoms with E-state index in [1.807, 2.05) is 15.8 Å². The summed E-state index contributed by atoms with van der Waals surface area (Å²) in [4.78, 5) is 15.0. The summed E-state index contributed by atoms with van der Waals surface area (Å²) in [6.45, 7) is 0.706. The highest BCUT2D eigenvalue weighted by Crippen LogP contribution is 2.32. The molecule has 2 aromatic rings. The first-order valence-electron chi connectivity index (χ1n) is 9.70. The van der Waals surface area contributed by atoms with Gasteiger partial charge in [0.15, 0.2) is 5.69 Å². The van der Waals surface area contributed by atoms with E-state index in [1.165, 1.54) is 31.4 Å². The van der Waals surface area contributed by atoms with Gasteiger partial charge < -0.3 is 4.90 Å². The van der Waals surface area contributed by atoms with Crippen LogP contribution in [0.15, 0.2) is 30.5 Å². The van der Waals surface area contributed by atoms with Crippen LogP contribution in [-0.2, 0) is 0 Å². The molecule has 2 heterocycles. The Kier molecular flexibility index (Phi) is 5.00. The Balaban J connectivity index is 1.53. The quantitative estimate of drug-likeness (QED) is 0.824. The second-order valence-electron chi connectivity index (χ2n) is 7.44. The van der Waals surface area contributed by atoms with Crippen molar-refractivity contribution >= 4 is 5.91 Å². The van der Waals surface area contributed by atoms with Crippen LogP contribution in [0.3, 0.4) is 0 Å². The maximum atomic E-state index is 13.3. The maximum Gasteiger partial charge on any atom is 0.276 e. The van der Waals surface area contributed by atoms with Gasteiger partial charge in [-0.05, 0) is 49.8 Å². The van der Waals surface area contributed by atoms with E-state index in [4.69, 9.17) is 0 Å². The van der Waals surface area contributed by atoms with E-state index < -0.39 is 0 Å². The molecule has 2 fully saturated rings. The van der Waals surface area contributed by atoms with Crippen LogP contribution in [0.2, 0.25) is 0 Å². The second-order valence-corrected chi connectivity index (χ2v) is 7.44. The highest BCUT2D eigenvalue weighted by atomic mass is 19.1. The summed E-state index contributed by atoms with van der Waals surface area (Å²) in [6, 6.07) is 6.84. The van der Waals surface area contributed by atoms with Gasteiger partial charge in [-0.1, -0.05) is 36.6 Å². The first-order chi connectivity index (χ1) is 12.7. The number of hydrogen-bond donors (Lipinski definition) is 0.